The van der Waals surface area contributed by atoms with Crippen molar-refractivity contribution in [3.05, 3.63) is 72.6 Å². The first-order valence-electron chi connectivity index (χ1n) is 6.75. The van der Waals surface area contributed by atoms with Gasteiger partial charge in [-0.05, 0) is 36.8 Å². The van der Waals surface area contributed by atoms with Gasteiger partial charge in [-0.3, -0.25) is 4.98 Å². The maximum Gasteiger partial charge on any atom is 0.0724 e. The van der Waals surface area contributed by atoms with Crippen LogP contribution in [-0.4, -0.2) is 9.55 Å². The highest BCUT2D eigenvalue weighted by Crippen LogP contribution is 2.31. The van der Waals surface area contributed by atoms with Crippen LogP contribution in [0, 0.1) is 6.92 Å². The van der Waals surface area contributed by atoms with Gasteiger partial charge < -0.3 is 4.57 Å². The first-order chi connectivity index (χ1) is 9.84. The van der Waals surface area contributed by atoms with Crippen molar-refractivity contribution in [3.8, 4) is 5.69 Å². The Morgan fingerprint density at radius 1 is 0.850 bits per heavy atom. The van der Waals surface area contributed by atoms with Crippen LogP contribution >= 0.6 is 0 Å². The fourth-order valence-corrected chi connectivity index (χ4v) is 2.86. The normalized spacial score (nSPS) is 11.2. The van der Waals surface area contributed by atoms with Crippen molar-refractivity contribution in [2.24, 2.45) is 0 Å². The summed E-state index contributed by atoms with van der Waals surface area (Å²) in [5, 5.41) is 2.52. The third-order valence-electron chi connectivity index (χ3n) is 3.74. The Balaban J connectivity index is 2.21. The number of aromatic nitrogens is 2. The third-order valence-corrected chi connectivity index (χ3v) is 3.74. The molecule has 0 bridgehead atoms. The van der Waals surface area contributed by atoms with Crippen LogP contribution < -0.4 is 0 Å². The molecular formula is C18H14N2. The van der Waals surface area contributed by atoms with Crippen molar-refractivity contribution < 1.29 is 0 Å². The van der Waals surface area contributed by atoms with E-state index >= 15 is 0 Å². The van der Waals surface area contributed by atoms with Crippen molar-refractivity contribution in [1.82, 2.24) is 9.55 Å². The number of benzene rings is 2. The van der Waals surface area contributed by atoms with E-state index in [0.717, 1.165) is 5.52 Å². The summed E-state index contributed by atoms with van der Waals surface area (Å²) >= 11 is 0. The van der Waals surface area contributed by atoms with Gasteiger partial charge in [-0.2, -0.15) is 0 Å². The van der Waals surface area contributed by atoms with Crippen molar-refractivity contribution in [3.63, 3.8) is 0 Å². The zero-order valence-corrected chi connectivity index (χ0v) is 11.2. The molecule has 96 valence electrons. The van der Waals surface area contributed by atoms with Gasteiger partial charge in [0.1, 0.15) is 0 Å². The molecular weight excluding hydrogens is 244 g/mol. The molecule has 0 aliphatic rings. The summed E-state index contributed by atoms with van der Waals surface area (Å²) < 4.78 is 2.28. The number of hydrogen-bond donors (Lipinski definition) is 0. The van der Waals surface area contributed by atoms with E-state index in [1.165, 1.54) is 27.5 Å². The number of fused-ring (bicyclic) bond motifs is 3. The van der Waals surface area contributed by atoms with Gasteiger partial charge in [0.2, 0.25) is 0 Å². The largest absolute Gasteiger partial charge is 0.308 e. The minimum Gasteiger partial charge on any atom is -0.308 e. The summed E-state index contributed by atoms with van der Waals surface area (Å²) in [6, 6.07) is 19.2. The molecule has 0 aliphatic heterocycles. The Morgan fingerprint density at radius 3 is 2.60 bits per heavy atom. The van der Waals surface area contributed by atoms with E-state index < -0.39 is 0 Å². The predicted molar refractivity (Wildman–Crippen MR) is 83.3 cm³/mol. The lowest BCUT2D eigenvalue weighted by atomic mass is 10.2. The summed E-state index contributed by atoms with van der Waals surface area (Å²) in [4.78, 5) is 4.30. The van der Waals surface area contributed by atoms with E-state index in [-0.39, 0.29) is 0 Å². The lowest BCUT2D eigenvalue weighted by Gasteiger charge is -2.08. The zero-order chi connectivity index (χ0) is 13.5. The van der Waals surface area contributed by atoms with Gasteiger partial charge in [-0.1, -0.05) is 30.3 Å². The van der Waals surface area contributed by atoms with Crippen LogP contribution in [0.2, 0.25) is 0 Å². The number of hydrogen-bond acceptors (Lipinski definition) is 1. The second kappa shape index (κ2) is 4.20. The molecule has 0 fully saturated rings. The quantitative estimate of drug-likeness (QED) is 0.492. The lowest BCUT2D eigenvalue weighted by molar-refractivity contribution is 1.16. The van der Waals surface area contributed by atoms with Crippen LogP contribution in [0.5, 0.6) is 0 Å². The van der Waals surface area contributed by atoms with Crippen LogP contribution in [0.25, 0.3) is 27.5 Å². The zero-order valence-electron chi connectivity index (χ0n) is 11.2. The van der Waals surface area contributed by atoms with Crippen molar-refractivity contribution in [1.29, 1.82) is 0 Å². The molecule has 2 aromatic carbocycles. The summed E-state index contributed by atoms with van der Waals surface area (Å²) in [6.07, 6.45) is 3.80. The molecule has 20 heavy (non-hydrogen) atoms. The van der Waals surface area contributed by atoms with Crippen LogP contribution in [0.15, 0.2) is 67.0 Å². The average molecular weight is 258 g/mol. The van der Waals surface area contributed by atoms with Crippen LogP contribution in [0.3, 0.4) is 0 Å². The van der Waals surface area contributed by atoms with E-state index in [2.05, 4.69) is 71.1 Å². The van der Waals surface area contributed by atoms with E-state index in [1.807, 2.05) is 12.4 Å². The Bertz CT molecular complexity index is 866. The second-order valence-corrected chi connectivity index (χ2v) is 5.08. The minimum absolute atomic E-state index is 1.15. The van der Waals surface area contributed by atoms with Gasteiger partial charge in [0.15, 0.2) is 0 Å². The highest BCUT2D eigenvalue weighted by molar-refractivity contribution is 6.08. The molecule has 4 aromatic rings. The monoisotopic (exact) mass is 258 g/mol. The number of rotatable bonds is 1. The molecule has 0 N–H and O–H groups in total. The number of aryl methyl sites for hydroxylation is 1. The molecule has 0 atom stereocenters. The van der Waals surface area contributed by atoms with Crippen molar-refractivity contribution >= 4 is 21.8 Å². The highest BCUT2D eigenvalue weighted by atomic mass is 15.0. The maximum absolute atomic E-state index is 4.30. The molecule has 0 saturated heterocycles. The van der Waals surface area contributed by atoms with E-state index in [1.54, 1.807) is 0 Å². The number of nitrogens with zero attached hydrogens (tertiary/aromatic N) is 2. The lowest BCUT2D eigenvalue weighted by Crippen LogP contribution is -1.94. The molecule has 0 radical (unpaired) electrons. The maximum atomic E-state index is 4.30. The Labute approximate surface area is 117 Å². The molecule has 0 spiro atoms. The van der Waals surface area contributed by atoms with E-state index in [0.29, 0.717) is 0 Å². The van der Waals surface area contributed by atoms with Crippen molar-refractivity contribution in [2.45, 2.75) is 6.92 Å². The van der Waals surface area contributed by atoms with Gasteiger partial charge >= 0.3 is 0 Å². The fraction of sp³-hybridized carbons (Fsp3) is 0.0556. The Kier molecular flexibility index (Phi) is 2.36. The molecule has 2 heteroatoms. The van der Waals surface area contributed by atoms with Gasteiger partial charge in [-0.25, -0.2) is 0 Å². The van der Waals surface area contributed by atoms with E-state index in [9.17, 15) is 0 Å². The topological polar surface area (TPSA) is 17.8 Å². The van der Waals surface area contributed by atoms with E-state index in [4.69, 9.17) is 0 Å². The smallest absolute Gasteiger partial charge is 0.0724 e. The predicted octanol–water partition coefficient (Wildman–Crippen LogP) is 4.49. The summed E-state index contributed by atoms with van der Waals surface area (Å²) in [6.45, 7) is 2.12. The molecule has 2 aromatic heterocycles. The summed E-state index contributed by atoms with van der Waals surface area (Å²) in [7, 11) is 0. The van der Waals surface area contributed by atoms with Crippen molar-refractivity contribution in [2.75, 3.05) is 0 Å². The standard InChI is InChI=1S/C18H14N2/c1-13-5-4-6-14(11-13)20-17-8-3-2-7-15(17)16-9-10-19-12-18(16)20/h2-12H,1H3. The molecule has 4 rings (SSSR count). The molecule has 2 heterocycles. The second-order valence-electron chi connectivity index (χ2n) is 5.08. The first kappa shape index (κ1) is 11.2. The van der Waals surface area contributed by atoms with Gasteiger partial charge in [0, 0.05) is 22.7 Å². The van der Waals surface area contributed by atoms with Crippen LogP contribution in [0.1, 0.15) is 5.56 Å². The van der Waals surface area contributed by atoms with Crippen LogP contribution in [0.4, 0.5) is 0 Å². The van der Waals surface area contributed by atoms with Gasteiger partial charge in [0.05, 0.1) is 17.2 Å². The Hall–Kier alpha value is -2.61. The molecule has 0 saturated carbocycles. The first-order valence-corrected chi connectivity index (χ1v) is 6.75. The van der Waals surface area contributed by atoms with Crippen LogP contribution in [-0.2, 0) is 0 Å². The van der Waals surface area contributed by atoms with Gasteiger partial charge in [0.25, 0.3) is 0 Å². The summed E-state index contributed by atoms with van der Waals surface area (Å²) in [5.74, 6) is 0. The SMILES string of the molecule is Cc1cccc(-n2c3ccccc3c3ccncc32)c1. The minimum atomic E-state index is 1.15. The number of pyridine rings is 1. The highest BCUT2D eigenvalue weighted by Gasteiger charge is 2.11. The average Bonchev–Trinajstić information content (AvgIpc) is 2.82. The molecule has 2 nitrogen and oxygen atoms in total. The molecule has 0 amide bonds. The van der Waals surface area contributed by atoms with Gasteiger partial charge in [-0.15, -0.1) is 0 Å². The number of para-hydroxylation sites is 1. The molecule has 0 unspecified atom stereocenters. The summed E-state index contributed by atoms with van der Waals surface area (Å²) in [5.41, 5.74) is 4.82. The fourth-order valence-electron chi connectivity index (χ4n) is 2.86. The molecule has 0 aliphatic carbocycles. The third kappa shape index (κ3) is 1.55. The Morgan fingerprint density at radius 2 is 1.70 bits per heavy atom.